The lowest BCUT2D eigenvalue weighted by Gasteiger charge is -2.29. The van der Waals surface area contributed by atoms with Gasteiger partial charge in [0.1, 0.15) is 0 Å². The van der Waals surface area contributed by atoms with Crippen molar-refractivity contribution < 1.29 is 24.2 Å². The quantitative estimate of drug-likeness (QED) is 0.131. The van der Waals surface area contributed by atoms with Gasteiger partial charge in [0.2, 0.25) is 0 Å². The number of rotatable bonds is 17. The lowest BCUT2D eigenvalue weighted by atomic mass is 9.77. The molecular weight excluding hydrogens is 476 g/mol. The van der Waals surface area contributed by atoms with Gasteiger partial charge < -0.3 is 14.6 Å². The summed E-state index contributed by atoms with van der Waals surface area (Å²) in [5.41, 5.74) is 3.34. The molecule has 1 aromatic rings. The Balaban J connectivity index is 2.00. The Morgan fingerprint density at radius 2 is 1.50 bits per heavy atom. The number of carbonyl (C=O) groups is 2. The zero-order chi connectivity index (χ0) is 27.9. The fourth-order valence-electron chi connectivity index (χ4n) is 5.49. The normalized spacial score (nSPS) is 18.8. The number of ether oxygens (including phenoxy) is 2. The van der Waals surface area contributed by atoms with Crippen molar-refractivity contribution in [3.05, 3.63) is 59.7 Å². The maximum atomic E-state index is 12.1. The molecule has 1 N–H and O–H groups in total. The molecule has 0 heterocycles. The van der Waals surface area contributed by atoms with Crippen molar-refractivity contribution >= 4 is 11.9 Å². The van der Waals surface area contributed by atoms with Crippen LogP contribution in [0.15, 0.2) is 48.6 Å². The second kappa shape index (κ2) is 17.2. The second-order valence-electron chi connectivity index (χ2n) is 11.4. The molecule has 0 aromatic heterocycles. The standard InChI is InChI=1S/C33H50O5/c1-6-7-8-9-26-10-14-30(15-11-26)31-16-12-27(13-17-31)20-29(23-38-33(36)25(4)5)21-28(18-19-34)22-37-32(35)24(2)3/h12-13,16-17,26,28-30,34H,2,4,6-11,14-15,18-23H2,1,3,5H3. The van der Waals surface area contributed by atoms with Crippen LogP contribution in [0.4, 0.5) is 0 Å². The minimum atomic E-state index is -0.427. The molecule has 0 bridgehead atoms. The molecular formula is C33H50O5. The molecule has 1 aromatic carbocycles. The van der Waals surface area contributed by atoms with Crippen LogP contribution >= 0.6 is 0 Å². The summed E-state index contributed by atoms with van der Waals surface area (Å²) >= 11 is 0. The van der Waals surface area contributed by atoms with E-state index in [0.29, 0.717) is 29.9 Å². The van der Waals surface area contributed by atoms with Crippen LogP contribution in [0.2, 0.25) is 0 Å². The minimum Gasteiger partial charge on any atom is -0.462 e. The number of aliphatic hydroxyl groups excluding tert-OH is 1. The second-order valence-corrected chi connectivity index (χ2v) is 11.4. The zero-order valence-corrected chi connectivity index (χ0v) is 24.0. The van der Waals surface area contributed by atoms with Crippen LogP contribution in [0, 0.1) is 17.8 Å². The summed E-state index contributed by atoms with van der Waals surface area (Å²) in [5.74, 6) is 0.718. The molecule has 5 heteroatoms. The smallest absolute Gasteiger partial charge is 0.333 e. The van der Waals surface area contributed by atoms with Gasteiger partial charge >= 0.3 is 11.9 Å². The molecule has 1 aliphatic carbocycles. The van der Waals surface area contributed by atoms with E-state index in [9.17, 15) is 14.7 Å². The summed E-state index contributed by atoms with van der Waals surface area (Å²) in [6.45, 7) is 13.3. The number of hydrogen-bond donors (Lipinski definition) is 1. The average molecular weight is 527 g/mol. The lowest BCUT2D eigenvalue weighted by molar-refractivity contribution is -0.141. The van der Waals surface area contributed by atoms with E-state index >= 15 is 0 Å². The van der Waals surface area contributed by atoms with Crippen LogP contribution in [0.25, 0.3) is 0 Å². The third-order valence-corrected chi connectivity index (χ3v) is 7.84. The number of hydrogen-bond acceptors (Lipinski definition) is 5. The highest BCUT2D eigenvalue weighted by atomic mass is 16.5. The average Bonchev–Trinajstić information content (AvgIpc) is 2.91. The number of benzene rings is 1. The Labute approximate surface area is 230 Å². The van der Waals surface area contributed by atoms with E-state index in [2.05, 4.69) is 44.3 Å². The van der Waals surface area contributed by atoms with E-state index in [0.717, 1.165) is 12.3 Å². The lowest BCUT2D eigenvalue weighted by Crippen LogP contribution is -2.24. The van der Waals surface area contributed by atoms with E-state index < -0.39 is 11.9 Å². The van der Waals surface area contributed by atoms with Gasteiger partial charge in [0.15, 0.2) is 0 Å². The van der Waals surface area contributed by atoms with Gasteiger partial charge in [-0.2, -0.15) is 0 Å². The van der Waals surface area contributed by atoms with E-state index in [4.69, 9.17) is 9.47 Å². The first kappa shape index (κ1) is 31.8. The Hall–Kier alpha value is -2.40. The van der Waals surface area contributed by atoms with Crippen molar-refractivity contribution in [2.75, 3.05) is 19.8 Å². The Kier molecular flexibility index (Phi) is 14.4. The molecule has 2 unspecified atom stereocenters. The molecule has 1 saturated carbocycles. The van der Waals surface area contributed by atoms with Crippen LogP contribution in [-0.4, -0.2) is 36.9 Å². The summed E-state index contributed by atoms with van der Waals surface area (Å²) in [4.78, 5) is 24.0. The maximum absolute atomic E-state index is 12.1. The van der Waals surface area contributed by atoms with Gasteiger partial charge in [-0.3, -0.25) is 0 Å². The molecule has 0 spiro atoms. The van der Waals surface area contributed by atoms with E-state index in [1.165, 1.54) is 62.5 Å². The predicted molar refractivity (Wildman–Crippen MR) is 154 cm³/mol. The first-order chi connectivity index (χ1) is 18.2. The van der Waals surface area contributed by atoms with Crippen LogP contribution in [0.3, 0.4) is 0 Å². The summed E-state index contributed by atoms with van der Waals surface area (Å²) < 4.78 is 10.9. The molecule has 2 rings (SSSR count). The number of carbonyl (C=O) groups excluding carboxylic acids is 2. The molecule has 212 valence electrons. The molecule has 1 aliphatic rings. The van der Waals surface area contributed by atoms with Gasteiger partial charge in [-0.15, -0.1) is 0 Å². The third-order valence-electron chi connectivity index (χ3n) is 7.84. The van der Waals surface area contributed by atoms with Crippen molar-refractivity contribution in [3.8, 4) is 0 Å². The van der Waals surface area contributed by atoms with Gasteiger partial charge in [0.25, 0.3) is 0 Å². The van der Waals surface area contributed by atoms with Gasteiger partial charge in [-0.05, 0) is 93.6 Å². The summed E-state index contributed by atoms with van der Waals surface area (Å²) in [5, 5.41) is 9.57. The van der Waals surface area contributed by atoms with Gasteiger partial charge in [0, 0.05) is 17.8 Å². The van der Waals surface area contributed by atoms with Crippen molar-refractivity contribution in [1.29, 1.82) is 0 Å². The number of aliphatic hydroxyl groups is 1. The van der Waals surface area contributed by atoms with E-state index in [-0.39, 0.29) is 31.7 Å². The monoisotopic (exact) mass is 526 g/mol. The topological polar surface area (TPSA) is 72.8 Å². The highest BCUT2D eigenvalue weighted by Crippen LogP contribution is 2.38. The fourth-order valence-corrected chi connectivity index (χ4v) is 5.49. The predicted octanol–water partition coefficient (Wildman–Crippen LogP) is 7.33. The highest BCUT2D eigenvalue weighted by Gasteiger charge is 2.23. The molecule has 0 radical (unpaired) electrons. The molecule has 38 heavy (non-hydrogen) atoms. The molecule has 2 atom stereocenters. The summed E-state index contributed by atoms with van der Waals surface area (Å²) in [6, 6.07) is 8.96. The zero-order valence-electron chi connectivity index (χ0n) is 24.0. The molecule has 5 nitrogen and oxygen atoms in total. The summed E-state index contributed by atoms with van der Waals surface area (Å²) in [6.07, 6.45) is 12.6. The highest BCUT2D eigenvalue weighted by molar-refractivity contribution is 5.87. The van der Waals surface area contributed by atoms with E-state index in [1.54, 1.807) is 13.8 Å². The van der Waals surface area contributed by atoms with Crippen LogP contribution in [0.1, 0.15) is 102 Å². The van der Waals surface area contributed by atoms with Crippen molar-refractivity contribution in [2.45, 2.75) is 97.3 Å². The Bertz CT molecular complexity index is 879. The van der Waals surface area contributed by atoms with Gasteiger partial charge in [-0.1, -0.05) is 70.0 Å². The molecule has 0 aliphatic heterocycles. The van der Waals surface area contributed by atoms with Crippen molar-refractivity contribution in [3.63, 3.8) is 0 Å². The first-order valence-electron chi connectivity index (χ1n) is 14.6. The molecule has 0 amide bonds. The molecule has 1 fully saturated rings. The SMILES string of the molecule is C=C(C)C(=O)OCC(CCO)CC(COC(=O)C(=C)C)Cc1ccc(C2CCC(CCCCC)CC2)cc1. The largest absolute Gasteiger partial charge is 0.462 e. The van der Waals surface area contributed by atoms with Crippen LogP contribution in [-0.2, 0) is 25.5 Å². The number of unbranched alkanes of at least 4 members (excludes halogenated alkanes) is 2. The third kappa shape index (κ3) is 11.6. The first-order valence-corrected chi connectivity index (χ1v) is 14.6. The van der Waals surface area contributed by atoms with Crippen LogP contribution in [0.5, 0.6) is 0 Å². The summed E-state index contributed by atoms with van der Waals surface area (Å²) in [7, 11) is 0. The Morgan fingerprint density at radius 3 is 2.03 bits per heavy atom. The van der Waals surface area contributed by atoms with Crippen LogP contribution < -0.4 is 0 Å². The minimum absolute atomic E-state index is 0.00308. The van der Waals surface area contributed by atoms with Crippen molar-refractivity contribution in [2.24, 2.45) is 17.8 Å². The van der Waals surface area contributed by atoms with Gasteiger partial charge in [0.05, 0.1) is 13.2 Å². The fraction of sp³-hybridized carbons (Fsp3) is 0.636. The maximum Gasteiger partial charge on any atom is 0.333 e. The Morgan fingerprint density at radius 1 is 0.921 bits per heavy atom. The van der Waals surface area contributed by atoms with E-state index in [1.807, 2.05) is 0 Å². The number of esters is 2. The van der Waals surface area contributed by atoms with Gasteiger partial charge in [-0.25, -0.2) is 9.59 Å². The molecule has 0 saturated heterocycles. The van der Waals surface area contributed by atoms with Crippen molar-refractivity contribution in [1.82, 2.24) is 0 Å².